The second kappa shape index (κ2) is 3.12. The fourth-order valence-electron chi connectivity index (χ4n) is 0.719. The van der Waals surface area contributed by atoms with Crippen molar-refractivity contribution in [2.75, 3.05) is 0 Å². The van der Waals surface area contributed by atoms with Crippen molar-refractivity contribution >= 4 is 6.29 Å². The van der Waals surface area contributed by atoms with Crippen LogP contribution >= 0.6 is 0 Å². The average Bonchev–Trinajstić information content (AvgIpc) is 2.01. The molecule has 1 aromatic rings. The Hall–Kier alpha value is -1.46. The van der Waals surface area contributed by atoms with Crippen molar-refractivity contribution < 1.29 is 22.4 Å². The molecule has 0 amide bonds. The quantitative estimate of drug-likeness (QED) is 0.504. The Morgan fingerprint density at radius 2 is 2.00 bits per heavy atom. The zero-order valence-corrected chi connectivity index (χ0v) is 6.10. The smallest absolute Gasteiger partial charge is 0.296 e. The first kappa shape index (κ1) is 9.63. The maximum Gasteiger partial charge on any atom is 0.420 e. The van der Waals surface area contributed by atoms with Crippen LogP contribution in [0.1, 0.15) is 16.1 Å². The second-order valence-corrected chi connectivity index (χ2v) is 2.20. The third-order valence-corrected chi connectivity index (χ3v) is 1.30. The number of alkyl halides is 3. The molecule has 0 saturated heterocycles. The van der Waals surface area contributed by atoms with Crippen LogP contribution < -0.4 is 0 Å². The predicted molar refractivity (Wildman–Crippen MR) is 34.6 cm³/mol. The highest BCUT2D eigenvalue weighted by Crippen LogP contribution is 2.30. The molecule has 2 nitrogen and oxygen atoms in total. The van der Waals surface area contributed by atoms with Gasteiger partial charge in [0.25, 0.3) is 0 Å². The van der Waals surface area contributed by atoms with Gasteiger partial charge in [-0.3, -0.25) is 9.78 Å². The van der Waals surface area contributed by atoms with Crippen molar-refractivity contribution in [2.45, 2.75) is 6.18 Å². The van der Waals surface area contributed by atoms with Gasteiger partial charge in [0.2, 0.25) is 0 Å². The Labute approximate surface area is 70.2 Å². The van der Waals surface area contributed by atoms with Gasteiger partial charge in [0, 0.05) is 12.3 Å². The summed E-state index contributed by atoms with van der Waals surface area (Å²) in [4.78, 5) is 13.1. The minimum absolute atomic E-state index is 0.170. The van der Waals surface area contributed by atoms with Crippen LogP contribution in [0.25, 0.3) is 0 Å². The lowest BCUT2D eigenvalue weighted by atomic mass is 10.2. The van der Waals surface area contributed by atoms with Gasteiger partial charge in [0.15, 0.2) is 6.29 Å². The number of pyridine rings is 1. The molecule has 0 spiro atoms. The van der Waals surface area contributed by atoms with Gasteiger partial charge in [0.05, 0.1) is 0 Å². The molecule has 1 aromatic heterocycles. The Kier molecular flexibility index (Phi) is 2.31. The van der Waals surface area contributed by atoms with Gasteiger partial charge < -0.3 is 0 Å². The molecule has 13 heavy (non-hydrogen) atoms. The first-order valence-corrected chi connectivity index (χ1v) is 3.13. The summed E-state index contributed by atoms with van der Waals surface area (Å²) in [6, 6.07) is 0.440. The fraction of sp³-hybridized carbons (Fsp3) is 0.143. The largest absolute Gasteiger partial charge is 0.420 e. The van der Waals surface area contributed by atoms with Crippen LogP contribution in [0.3, 0.4) is 0 Å². The third kappa shape index (κ3) is 2.01. The fourth-order valence-corrected chi connectivity index (χ4v) is 0.719. The van der Waals surface area contributed by atoms with E-state index in [9.17, 15) is 22.4 Å². The summed E-state index contributed by atoms with van der Waals surface area (Å²) in [5.74, 6) is -1.50. The van der Waals surface area contributed by atoms with Crippen molar-refractivity contribution in [3.63, 3.8) is 0 Å². The molecule has 0 bridgehead atoms. The Bertz CT molecular complexity index is 334. The summed E-state index contributed by atoms with van der Waals surface area (Å²) < 4.78 is 48.4. The van der Waals surface area contributed by atoms with E-state index in [0.717, 1.165) is 0 Å². The van der Waals surface area contributed by atoms with E-state index in [-0.39, 0.29) is 12.0 Å². The zero-order chi connectivity index (χ0) is 10.1. The normalized spacial score (nSPS) is 11.4. The molecule has 1 heterocycles. The second-order valence-electron chi connectivity index (χ2n) is 2.20. The van der Waals surface area contributed by atoms with Crippen LogP contribution in [0, 0.1) is 5.82 Å². The summed E-state index contributed by atoms with van der Waals surface area (Å²) >= 11 is 0. The summed E-state index contributed by atoms with van der Waals surface area (Å²) in [5.41, 5.74) is -1.84. The molecular formula is C7H3F4NO. The van der Waals surface area contributed by atoms with Crippen LogP contribution in [-0.2, 0) is 6.18 Å². The zero-order valence-electron chi connectivity index (χ0n) is 6.10. The molecule has 0 aliphatic carbocycles. The number of hydrogen-bond donors (Lipinski definition) is 0. The molecular weight excluding hydrogens is 190 g/mol. The molecule has 70 valence electrons. The number of rotatable bonds is 1. The van der Waals surface area contributed by atoms with Crippen LogP contribution in [0.15, 0.2) is 12.3 Å². The maximum absolute atomic E-state index is 12.6. The van der Waals surface area contributed by atoms with E-state index in [1.165, 1.54) is 0 Å². The molecule has 0 aliphatic rings. The van der Waals surface area contributed by atoms with Gasteiger partial charge in [-0.15, -0.1) is 0 Å². The summed E-state index contributed by atoms with van der Waals surface area (Å²) in [5, 5.41) is 0. The number of aldehydes is 1. The average molecular weight is 193 g/mol. The molecule has 0 atom stereocenters. The molecule has 6 heteroatoms. The monoisotopic (exact) mass is 193 g/mol. The number of aromatic nitrogens is 1. The molecule has 0 saturated carbocycles. The van der Waals surface area contributed by atoms with Gasteiger partial charge in [-0.1, -0.05) is 0 Å². The lowest BCUT2D eigenvalue weighted by Gasteiger charge is -2.06. The van der Waals surface area contributed by atoms with E-state index in [4.69, 9.17) is 0 Å². The van der Waals surface area contributed by atoms with E-state index in [0.29, 0.717) is 12.3 Å². The standard InChI is InChI=1S/C7H3F4NO/c8-6-1-4(3-13)12-2-5(6)7(9,10)11/h1-3H. The molecule has 1 rings (SSSR count). The lowest BCUT2D eigenvalue weighted by molar-refractivity contribution is -0.140. The van der Waals surface area contributed by atoms with E-state index < -0.39 is 17.6 Å². The first-order chi connectivity index (χ1) is 5.95. The first-order valence-electron chi connectivity index (χ1n) is 3.13. The van der Waals surface area contributed by atoms with Crippen LogP contribution in [-0.4, -0.2) is 11.3 Å². The Morgan fingerprint density at radius 3 is 2.38 bits per heavy atom. The summed E-state index contributed by atoms with van der Waals surface area (Å²) in [7, 11) is 0. The predicted octanol–water partition coefficient (Wildman–Crippen LogP) is 2.05. The maximum atomic E-state index is 12.6. The van der Waals surface area contributed by atoms with Crippen molar-refractivity contribution in [3.05, 3.63) is 29.3 Å². The molecule has 0 aromatic carbocycles. The minimum Gasteiger partial charge on any atom is -0.296 e. The number of hydrogen-bond acceptors (Lipinski definition) is 2. The molecule has 0 radical (unpaired) electrons. The van der Waals surface area contributed by atoms with Crippen LogP contribution in [0.2, 0.25) is 0 Å². The summed E-state index contributed by atoms with van der Waals surface area (Å²) in [6.45, 7) is 0. The van der Waals surface area contributed by atoms with Crippen molar-refractivity contribution in [1.29, 1.82) is 0 Å². The van der Waals surface area contributed by atoms with E-state index >= 15 is 0 Å². The highest BCUT2D eigenvalue weighted by atomic mass is 19.4. The van der Waals surface area contributed by atoms with Crippen molar-refractivity contribution in [2.24, 2.45) is 0 Å². The Morgan fingerprint density at radius 1 is 1.38 bits per heavy atom. The number of halogens is 4. The van der Waals surface area contributed by atoms with Crippen LogP contribution in [0.4, 0.5) is 17.6 Å². The molecule has 0 N–H and O–H groups in total. The van der Waals surface area contributed by atoms with E-state index in [1.807, 2.05) is 0 Å². The minimum atomic E-state index is -4.78. The lowest BCUT2D eigenvalue weighted by Crippen LogP contribution is -2.09. The molecule has 0 aliphatic heterocycles. The number of carbonyl (C=O) groups is 1. The highest BCUT2D eigenvalue weighted by Gasteiger charge is 2.34. The van der Waals surface area contributed by atoms with Crippen LogP contribution in [0.5, 0.6) is 0 Å². The van der Waals surface area contributed by atoms with Gasteiger partial charge in [-0.05, 0) is 0 Å². The van der Waals surface area contributed by atoms with E-state index in [1.54, 1.807) is 0 Å². The van der Waals surface area contributed by atoms with Gasteiger partial charge in [-0.25, -0.2) is 4.39 Å². The van der Waals surface area contributed by atoms with Gasteiger partial charge in [-0.2, -0.15) is 13.2 Å². The highest BCUT2D eigenvalue weighted by molar-refractivity contribution is 5.71. The SMILES string of the molecule is O=Cc1cc(F)c(C(F)(F)F)cn1. The Balaban J connectivity index is 3.20. The van der Waals surface area contributed by atoms with E-state index in [2.05, 4.69) is 4.98 Å². The molecule has 0 fully saturated rings. The van der Waals surface area contributed by atoms with Crippen molar-refractivity contribution in [3.8, 4) is 0 Å². The third-order valence-electron chi connectivity index (χ3n) is 1.30. The molecule has 0 unspecified atom stereocenters. The van der Waals surface area contributed by atoms with Gasteiger partial charge >= 0.3 is 6.18 Å². The number of carbonyl (C=O) groups excluding carboxylic acids is 1. The van der Waals surface area contributed by atoms with Gasteiger partial charge in [0.1, 0.15) is 17.1 Å². The van der Waals surface area contributed by atoms with Crippen molar-refractivity contribution in [1.82, 2.24) is 4.98 Å². The number of nitrogens with zero attached hydrogens (tertiary/aromatic N) is 1. The topological polar surface area (TPSA) is 30.0 Å². The summed E-state index contributed by atoms with van der Waals surface area (Å²) in [6.07, 6.45) is -4.32.